The van der Waals surface area contributed by atoms with Crippen LogP contribution in [0.4, 0.5) is 11.5 Å². The molecule has 0 spiro atoms. The number of hydrogen-bond acceptors (Lipinski definition) is 8. The zero-order valence-corrected chi connectivity index (χ0v) is 23.3. The van der Waals surface area contributed by atoms with Gasteiger partial charge in [-0.15, -0.1) is 0 Å². The fraction of sp³-hybridized carbons (Fsp3) is 0.452. The van der Waals surface area contributed by atoms with E-state index < -0.39 is 0 Å². The molecule has 0 bridgehead atoms. The molecule has 1 unspecified atom stereocenters. The first kappa shape index (κ1) is 26.4. The molecule has 2 aromatic carbocycles. The molecule has 4 heterocycles. The molecule has 3 aliphatic rings. The highest BCUT2D eigenvalue weighted by atomic mass is 16.5. The highest BCUT2D eigenvalue weighted by Gasteiger charge is 2.29. The molecule has 1 N–H and O–H groups in total. The van der Waals surface area contributed by atoms with Gasteiger partial charge in [0.05, 0.1) is 12.2 Å². The topological polar surface area (TPSA) is 85.3 Å². The summed E-state index contributed by atoms with van der Waals surface area (Å²) in [6.07, 6.45) is 3.40. The Kier molecular flexibility index (Phi) is 7.47. The van der Waals surface area contributed by atoms with E-state index in [1.165, 1.54) is 12.5 Å². The highest BCUT2D eigenvalue weighted by Crippen LogP contribution is 2.36. The molecule has 0 radical (unpaired) electrons. The number of anilines is 2. The second-order valence-corrected chi connectivity index (χ2v) is 11.2. The quantitative estimate of drug-likeness (QED) is 0.455. The summed E-state index contributed by atoms with van der Waals surface area (Å²) < 4.78 is 6.18. The molecule has 9 nitrogen and oxygen atoms in total. The van der Waals surface area contributed by atoms with E-state index in [1.807, 2.05) is 29.2 Å². The van der Waals surface area contributed by atoms with E-state index in [0.717, 1.165) is 72.1 Å². The van der Waals surface area contributed by atoms with Crippen LogP contribution in [-0.4, -0.2) is 89.7 Å². The van der Waals surface area contributed by atoms with Crippen molar-refractivity contribution < 1.29 is 14.6 Å². The number of aromatic nitrogens is 2. The molecule has 40 heavy (non-hydrogen) atoms. The number of phenols is 1. The summed E-state index contributed by atoms with van der Waals surface area (Å²) in [4.78, 5) is 30.8. The van der Waals surface area contributed by atoms with Crippen LogP contribution >= 0.6 is 0 Å². The Labute approximate surface area is 235 Å². The summed E-state index contributed by atoms with van der Waals surface area (Å²) in [7, 11) is 0. The maximum atomic E-state index is 12.1. The largest absolute Gasteiger partial charge is 0.508 e. The molecular weight excluding hydrogens is 504 g/mol. The average Bonchev–Trinajstić information content (AvgIpc) is 3.40. The van der Waals surface area contributed by atoms with Crippen LogP contribution in [-0.2, 0) is 17.8 Å². The first-order valence-corrected chi connectivity index (χ1v) is 14.4. The summed E-state index contributed by atoms with van der Waals surface area (Å²) >= 11 is 0. The number of carbonyl (C=O) groups excluding carboxylic acids is 1. The fourth-order valence-electron chi connectivity index (χ4n) is 6.22. The van der Waals surface area contributed by atoms with Gasteiger partial charge in [-0.05, 0) is 42.8 Å². The van der Waals surface area contributed by atoms with Crippen LogP contribution in [0.15, 0.2) is 49.1 Å². The monoisotopic (exact) mass is 542 g/mol. The van der Waals surface area contributed by atoms with Gasteiger partial charge in [0.15, 0.2) is 0 Å². The van der Waals surface area contributed by atoms with Crippen molar-refractivity contribution in [3.63, 3.8) is 0 Å². The van der Waals surface area contributed by atoms with Crippen molar-refractivity contribution in [2.24, 2.45) is 5.92 Å². The van der Waals surface area contributed by atoms with Crippen LogP contribution in [0.5, 0.6) is 11.8 Å². The standard InChI is InChI=1S/C31H38N6O3/c1-3-29(39)35-12-14-36(15-13-35)30-26-9-11-37(28-19-24(38)18-23-6-4-5-7-25(23)28)21-27(26)32-31(33-30)40-17-16-34-10-8-22(2)20-34/h3-7,18-19,22,38H,1,8-17,20-21H2,2H3. The Morgan fingerprint density at radius 2 is 1.93 bits per heavy atom. The van der Waals surface area contributed by atoms with Crippen LogP contribution in [0.25, 0.3) is 10.8 Å². The minimum absolute atomic E-state index is 0.0291. The number of phenolic OH excluding ortho intramolecular Hbond substituents is 1. The van der Waals surface area contributed by atoms with Crippen LogP contribution in [0, 0.1) is 5.92 Å². The third-order valence-electron chi connectivity index (χ3n) is 8.40. The fourth-order valence-corrected chi connectivity index (χ4v) is 6.22. The van der Waals surface area contributed by atoms with Gasteiger partial charge in [0.2, 0.25) is 5.91 Å². The molecule has 1 atom stereocenters. The average molecular weight is 543 g/mol. The van der Waals surface area contributed by atoms with Crippen LogP contribution in [0.1, 0.15) is 24.6 Å². The Balaban J connectivity index is 1.27. The number of aromatic hydroxyl groups is 1. The Hall–Kier alpha value is -3.85. The molecule has 1 aromatic heterocycles. The zero-order chi connectivity index (χ0) is 27.6. The molecule has 210 valence electrons. The minimum atomic E-state index is -0.0291. The van der Waals surface area contributed by atoms with E-state index in [4.69, 9.17) is 14.7 Å². The highest BCUT2D eigenvalue weighted by molar-refractivity contribution is 5.95. The predicted molar refractivity (Wildman–Crippen MR) is 157 cm³/mol. The number of amides is 1. The normalized spacial score (nSPS) is 19.6. The lowest BCUT2D eigenvalue weighted by Crippen LogP contribution is -2.49. The van der Waals surface area contributed by atoms with Gasteiger partial charge in [0, 0.05) is 68.5 Å². The minimum Gasteiger partial charge on any atom is -0.508 e. The Morgan fingerprint density at radius 1 is 1.10 bits per heavy atom. The SMILES string of the molecule is C=CC(=O)N1CCN(c2nc(OCCN3CCC(C)C3)nc3c2CCN(c2cc(O)cc4ccccc24)C3)CC1. The number of nitrogens with zero attached hydrogens (tertiary/aromatic N) is 6. The van der Waals surface area contributed by atoms with Gasteiger partial charge in [0.1, 0.15) is 18.2 Å². The van der Waals surface area contributed by atoms with Gasteiger partial charge in [-0.25, -0.2) is 0 Å². The second-order valence-electron chi connectivity index (χ2n) is 11.2. The van der Waals surface area contributed by atoms with Crippen molar-refractivity contribution in [2.45, 2.75) is 26.3 Å². The van der Waals surface area contributed by atoms with Crippen LogP contribution in [0.3, 0.4) is 0 Å². The molecule has 6 rings (SSSR count). The third kappa shape index (κ3) is 5.43. The number of ether oxygens (including phenoxy) is 1. The van der Waals surface area contributed by atoms with E-state index in [2.05, 4.69) is 34.3 Å². The molecule has 2 fully saturated rings. The smallest absolute Gasteiger partial charge is 0.318 e. The van der Waals surface area contributed by atoms with Gasteiger partial charge in [-0.2, -0.15) is 9.97 Å². The number of rotatable bonds is 7. The third-order valence-corrected chi connectivity index (χ3v) is 8.40. The molecule has 2 saturated heterocycles. The van der Waals surface area contributed by atoms with Crippen molar-refractivity contribution in [3.8, 4) is 11.8 Å². The van der Waals surface area contributed by atoms with Gasteiger partial charge >= 0.3 is 6.01 Å². The van der Waals surface area contributed by atoms with Gasteiger partial charge < -0.3 is 24.5 Å². The van der Waals surface area contributed by atoms with Crippen molar-refractivity contribution in [3.05, 3.63) is 60.3 Å². The summed E-state index contributed by atoms with van der Waals surface area (Å²) in [5, 5.41) is 12.6. The van der Waals surface area contributed by atoms with E-state index in [1.54, 1.807) is 6.07 Å². The van der Waals surface area contributed by atoms with Gasteiger partial charge in [-0.3, -0.25) is 9.69 Å². The lowest BCUT2D eigenvalue weighted by Gasteiger charge is -2.38. The number of hydrogen-bond donors (Lipinski definition) is 1. The first-order valence-electron chi connectivity index (χ1n) is 14.4. The molecule has 0 saturated carbocycles. The number of carbonyl (C=O) groups is 1. The molecule has 9 heteroatoms. The first-order chi connectivity index (χ1) is 19.5. The van der Waals surface area contributed by atoms with E-state index in [-0.39, 0.29) is 11.7 Å². The predicted octanol–water partition coefficient (Wildman–Crippen LogP) is 3.45. The second kappa shape index (κ2) is 11.3. The maximum Gasteiger partial charge on any atom is 0.318 e. The summed E-state index contributed by atoms with van der Waals surface area (Å²) in [6, 6.07) is 12.2. The number of likely N-dealkylation sites (tertiary alicyclic amines) is 1. The Bertz CT molecular complexity index is 1400. The Morgan fingerprint density at radius 3 is 2.70 bits per heavy atom. The molecular formula is C31H38N6O3. The number of benzene rings is 2. The number of fused-ring (bicyclic) bond motifs is 2. The summed E-state index contributed by atoms with van der Waals surface area (Å²) in [5.41, 5.74) is 3.10. The van der Waals surface area contributed by atoms with Crippen LogP contribution in [0.2, 0.25) is 0 Å². The molecule has 3 aromatic rings. The van der Waals surface area contributed by atoms with Crippen molar-refractivity contribution in [1.29, 1.82) is 0 Å². The summed E-state index contributed by atoms with van der Waals surface area (Å²) in [6.45, 7) is 13.6. The maximum absolute atomic E-state index is 12.1. The van der Waals surface area contributed by atoms with Crippen molar-refractivity contribution in [1.82, 2.24) is 19.8 Å². The lowest BCUT2D eigenvalue weighted by atomic mass is 10.0. The van der Waals surface area contributed by atoms with Crippen molar-refractivity contribution >= 4 is 28.2 Å². The van der Waals surface area contributed by atoms with Gasteiger partial charge in [-0.1, -0.05) is 37.8 Å². The van der Waals surface area contributed by atoms with Gasteiger partial charge in [0.25, 0.3) is 0 Å². The van der Waals surface area contributed by atoms with E-state index in [0.29, 0.717) is 45.3 Å². The molecule has 3 aliphatic heterocycles. The molecule has 0 aliphatic carbocycles. The lowest BCUT2D eigenvalue weighted by molar-refractivity contribution is -0.126. The zero-order valence-electron chi connectivity index (χ0n) is 23.3. The van der Waals surface area contributed by atoms with E-state index in [9.17, 15) is 9.90 Å². The van der Waals surface area contributed by atoms with E-state index >= 15 is 0 Å². The van der Waals surface area contributed by atoms with Crippen molar-refractivity contribution in [2.75, 3.05) is 68.8 Å². The summed E-state index contributed by atoms with van der Waals surface area (Å²) in [5.74, 6) is 1.88. The van der Waals surface area contributed by atoms with Crippen LogP contribution < -0.4 is 14.5 Å². The number of piperazine rings is 1. The molecule has 1 amide bonds.